The smallest absolute Gasteiger partial charge is 0.0206 e. The van der Waals surface area contributed by atoms with Crippen molar-refractivity contribution >= 4 is 0 Å². The van der Waals surface area contributed by atoms with Gasteiger partial charge in [-0.05, 0) is 30.1 Å². The maximum Gasteiger partial charge on any atom is -0.0206 e. The normalized spacial score (nSPS) is 10.5. The molecular weight excluding hydrogens is 288 g/mol. The van der Waals surface area contributed by atoms with Crippen LogP contribution in [0.2, 0.25) is 0 Å². The van der Waals surface area contributed by atoms with Crippen molar-refractivity contribution in [3.63, 3.8) is 0 Å². The fraction of sp³-hybridized carbons (Fsp3) is 0.667. The lowest BCUT2D eigenvalue weighted by Gasteiger charge is -2.08. The van der Waals surface area contributed by atoms with Gasteiger partial charge >= 0.3 is 0 Å². The Morgan fingerprint density at radius 1 is 0.875 bits per heavy atom. The van der Waals surface area contributed by atoms with Crippen molar-refractivity contribution in [3.05, 3.63) is 50.6 Å². The molecule has 0 N–H and O–H groups in total. The number of hydrogen-bond acceptors (Lipinski definition) is 0. The summed E-state index contributed by atoms with van der Waals surface area (Å²) in [6.45, 7) is 31.7. The molecule has 0 aliphatic rings. The first kappa shape index (κ1) is 30.8. The van der Waals surface area contributed by atoms with Crippen LogP contribution in [0.1, 0.15) is 87.5 Å². The van der Waals surface area contributed by atoms with Crippen LogP contribution in [0.25, 0.3) is 0 Å². The molecule has 144 valence electrons. The molecule has 0 nitrogen and oxygen atoms in total. The second-order valence-electron chi connectivity index (χ2n) is 7.54. The lowest BCUT2D eigenvalue weighted by atomic mass is 9.98. The molecule has 1 atom stereocenters. The van der Waals surface area contributed by atoms with Gasteiger partial charge in [-0.2, -0.15) is 0 Å². The molecule has 0 aromatic carbocycles. The Labute approximate surface area is 155 Å². The zero-order valence-corrected chi connectivity index (χ0v) is 18.3. The van der Waals surface area contributed by atoms with Gasteiger partial charge in [-0.1, -0.05) is 99.0 Å². The van der Waals surface area contributed by atoms with Gasteiger partial charge in [0.1, 0.15) is 0 Å². The third kappa shape index (κ3) is 58.4. The van der Waals surface area contributed by atoms with Gasteiger partial charge in [0.05, 0.1) is 0 Å². The molecule has 0 bridgehead atoms. The third-order valence-electron chi connectivity index (χ3n) is 3.06. The second kappa shape index (κ2) is 24.2. The quantitative estimate of drug-likeness (QED) is 0.321. The Balaban J connectivity index is -0.000000111. The summed E-state index contributed by atoms with van der Waals surface area (Å²) >= 11 is 0. The van der Waals surface area contributed by atoms with Crippen LogP contribution in [0.3, 0.4) is 0 Å². The molecule has 0 saturated carbocycles. The molecular formula is C24H48. The van der Waals surface area contributed by atoms with Crippen LogP contribution in [0.15, 0.2) is 50.6 Å². The maximum atomic E-state index is 3.63. The van der Waals surface area contributed by atoms with Crippen LogP contribution in [0.5, 0.6) is 0 Å². The summed E-state index contributed by atoms with van der Waals surface area (Å²) < 4.78 is 0. The summed E-state index contributed by atoms with van der Waals surface area (Å²) in [5, 5.41) is 0. The van der Waals surface area contributed by atoms with Crippen molar-refractivity contribution in [2.24, 2.45) is 17.3 Å². The van der Waals surface area contributed by atoms with Crippen LogP contribution >= 0.6 is 0 Å². The minimum atomic E-state index is 0.306. The predicted molar refractivity (Wildman–Crippen MR) is 119 cm³/mol. The fourth-order valence-corrected chi connectivity index (χ4v) is 0.848. The van der Waals surface area contributed by atoms with Crippen molar-refractivity contribution in [1.29, 1.82) is 0 Å². The Morgan fingerprint density at radius 3 is 1.38 bits per heavy atom. The first-order valence-corrected chi connectivity index (χ1v) is 9.53. The molecule has 0 spiro atoms. The van der Waals surface area contributed by atoms with Crippen LogP contribution in [-0.2, 0) is 0 Å². The summed E-state index contributed by atoms with van der Waals surface area (Å²) in [5.41, 5.74) is 0.306. The summed E-state index contributed by atoms with van der Waals surface area (Å²) in [6, 6.07) is 0. The highest BCUT2D eigenvalue weighted by molar-refractivity contribution is 4.82. The van der Waals surface area contributed by atoms with Crippen LogP contribution in [0, 0.1) is 17.3 Å². The van der Waals surface area contributed by atoms with Gasteiger partial charge in [-0.15, -0.1) is 26.3 Å². The van der Waals surface area contributed by atoms with E-state index in [1.807, 2.05) is 24.3 Å². The lowest BCUT2D eigenvalue weighted by molar-refractivity contribution is 0.546. The van der Waals surface area contributed by atoms with Crippen molar-refractivity contribution in [1.82, 2.24) is 0 Å². The van der Waals surface area contributed by atoms with Crippen molar-refractivity contribution in [2.75, 3.05) is 0 Å². The summed E-state index contributed by atoms with van der Waals surface area (Å²) in [7, 11) is 0. The molecule has 1 unspecified atom stereocenters. The summed E-state index contributed by atoms with van der Waals surface area (Å²) in [5.74, 6) is 1.48. The minimum Gasteiger partial charge on any atom is -0.103 e. The average Bonchev–Trinajstić information content (AvgIpc) is 2.53. The Morgan fingerprint density at radius 2 is 1.33 bits per heavy atom. The van der Waals surface area contributed by atoms with E-state index >= 15 is 0 Å². The minimum absolute atomic E-state index is 0.306. The molecule has 0 heteroatoms. The van der Waals surface area contributed by atoms with Gasteiger partial charge in [0.15, 0.2) is 0 Å². The molecule has 0 aliphatic carbocycles. The molecule has 0 heterocycles. The number of allylic oxidation sites excluding steroid dienone is 4. The van der Waals surface area contributed by atoms with Gasteiger partial charge < -0.3 is 0 Å². The first-order chi connectivity index (χ1) is 11.1. The van der Waals surface area contributed by atoms with Crippen LogP contribution < -0.4 is 0 Å². The van der Waals surface area contributed by atoms with Crippen LogP contribution in [0.4, 0.5) is 0 Å². The largest absolute Gasteiger partial charge is 0.103 e. The number of unbranched alkanes of at least 4 members (excludes halogenated alkanes) is 2. The fourth-order valence-electron chi connectivity index (χ4n) is 0.848. The van der Waals surface area contributed by atoms with Crippen molar-refractivity contribution < 1.29 is 0 Å². The molecule has 0 rings (SSSR count). The van der Waals surface area contributed by atoms with Gasteiger partial charge in [0, 0.05) is 0 Å². The van der Waals surface area contributed by atoms with Crippen molar-refractivity contribution in [3.8, 4) is 0 Å². The highest BCUT2D eigenvalue weighted by Gasteiger charge is 1.99. The predicted octanol–water partition coefficient (Wildman–Crippen LogP) is 9.02. The third-order valence-corrected chi connectivity index (χ3v) is 3.06. The lowest BCUT2D eigenvalue weighted by Crippen LogP contribution is -1.96. The molecule has 0 fully saturated rings. The van der Waals surface area contributed by atoms with Gasteiger partial charge in [0.2, 0.25) is 0 Å². The monoisotopic (exact) mass is 336 g/mol. The Bertz CT molecular complexity index is 262. The molecule has 0 amide bonds. The van der Waals surface area contributed by atoms with E-state index in [2.05, 4.69) is 81.7 Å². The number of hydrogen-bond donors (Lipinski definition) is 0. The van der Waals surface area contributed by atoms with E-state index in [1.54, 1.807) is 0 Å². The molecule has 0 saturated heterocycles. The van der Waals surface area contributed by atoms with Crippen LogP contribution in [-0.4, -0.2) is 0 Å². The van der Waals surface area contributed by atoms with E-state index in [9.17, 15) is 0 Å². The molecule has 24 heavy (non-hydrogen) atoms. The SMILES string of the molecule is C=CC(C)(C)C.C=CC(C)CC.C=CCC(C)C.C=CCCCC. The first-order valence-electron chi connectivity index (χ1n) is 9.53. The van der Waals surface area contributed by atoms with E-state index in [1.165, 1.54) is 25.7 Å². The highest BCUT2D eigenvalue weighted by atomic mass is 14.0. The molecule has 0 aliphatic heterocycles. The van der Waals surface area contributed by atoms with Gasteiger partial charge in [-0.3, -0.25) is 0 Å². The second-order valence-corrected chi connectivity index (χ2v) is 7.54. The molecule has 0 aromatic heterocycles. The standard InChI is InChI=1S/4C6H12/c1-5-6(2,3)4;1-4-5-6(2)3;1-4-6(3)5-2;1-3-5-6-4-2/h5H,1H2,2-4H3;2*4,6H,1,5H2,2-3H3;3H,1,4-6H2,2H3. The van der Waals surface area contributed by atoms with E-state index in [-0.39, 0.29) is 0 Å². The highest BCUT2D eigenvalue weighted by Crippen LogP contribution is 2.11. The molecule has 0 radical (unpaired) electrons. The van der Waals surface area contributed by atoms with E-state index < -0.39 is 0 Å². The maximum absolute atomic E-state index is 3.63. The molecule has 0 aromatic rings. The van der Waals surface area contributed by atoms with E-state index in [0.29, 0.717) is 11.3 Å². The zero-order valence-electron chi connectivity index (χ0n) is 18.3. The summed E-state index contributed by atoms with van der Waals surface area (Å²) in [4.78, 5) is 0. The van der Waals surface area contributed by atoms with Gasteiger partial charge in [-0.25, -0.2) is 0 Å². The summed E-state index contributed by atoms with van der Waals surface area (Å²) in [6.07, 6.45) is 13.9. The topological polar surface area (TPSA) is 0 Å². The Hall–Kier alpha value is -1.04. The van der Waals surface area contributed by atoms with Crippen molar-refractivity contribution in [2.45, 2.75) is 87.5 Å². The van der Waals surface area contributed by atoms with E-state index in [0.717, 1.165) is 12.3 Å². The van der Waals surface area contributed by atoms with E-state index in [4.69, 9.17) is 0 Å². The average molecular weight is 337 g/mol. The number of rotatable bonds is 7. The van der Waals surface area contributed by atoms with Gasteiger partial charge in [0.25, 0.3) is 0 Å². The Kier molecular flexibility index (Phi) is 31.1. The zero-order chi connectivity index (χ0) is 20.0.